The van der Waals surface area contributed by atoms with Crippen LogP contribution in [0, 0.1) is 11.3 Å². The molecular formula is C12H10BrClN4O. The summed E-state index contributed by atoms with van der Waals surface area (Å²) in [4.78, 5) is 12.1. The molecule has 5 nitrogen and oxygen atoms in total. The number of hydrogen-bond donors (Lipinski definition) is 0. The van der Waals surface area contributed by atoms with Gasteiger partial charge in [-0.25, -0.2) is 0 Å². The van der Waals surface area contributed by atoms with E-state index >= 15 is 0 Å². The Morgan fingerprint density at radius 2 is 2.26 bits per heavy atom. The van der Waals surface area contributed by atoms with Gasteiger partial charge in [0.2, 0.25) is 0 Å². The fourth-order valence-corrected chi connectivity index (χ4v) is 2.43. The highest BCUT2D eigenvalue weighted by molar-refractivity contribution is 9.10. The molecule has 0 spiro atoms. The van der Waals surface area contributed by atoms with E-state index in [4.69, 9.17) is 16.9 Å². The quantitative estimate of drug-likeness (QED) is 0.859. The Labute approximate surface area is 123 Å². The number of pyridine rings is 1. The van der Waals surface area contributed by atoms with Gasteiger partial charge in [-0.15, -0.1) is 0 Å². The van der Waals surface area contributed by atoms with Crippen LogP contribution in [-0.2, 0) is 20.0 Å². The van der Waals surface area contributed by atoms with Crippen LogP contribution in [0.4, 0.5) is 0 Å². The predicted molar refractivity (Wildman–Crippen MR) is 75.0 cm³/mol. The molecule has 0 unspecified atom stereocenters. The Hall–Kier alpha value is -1.58. The van der Waals surface area contributed by atoms with Crippen LogP contribution in [0.1, 0.15) is 11.3 Å². The lowest BCUT2D eigenvalue weighted by atomic mass is 10.2. The number of rotatable bonds is 3. The van der Waals surface area contributed by atoms with E-state index in [-0.39, 0.29) is 12.0 Å². The van der Waals surface area contributed by atoms with Crippen molar-refractivity contribution in [1.82, 2.24) is 14.3 Å². The Morgan fingerprint density at radius 3 is 2.84 bits per heavy atom. The van der Waals surface area contributed by atoms with Crippen LogP contribution in [0.15, 0.2) is 27.6 Å². The number of halogens is 2. The minimum Gasteiger partial charge on any atom is -0.308 e. The van der Waals surface area contributed by atoms with Crippen molar-refractivity contribution >= 4 is 27.5 Å². The zero-order valence-corrected chi connectivity index (χ0v) is 12.4. The minimum atomic E-state index is -0.188. The van der Waals surface area contributed by atoms with Gasteiger partial charge in [-0.3, -0.25) is 9.48 Å². The third kappa shape index (κ3) is 3.06. The van der Waals surface area contributed by atoms with Gasteiger partial charge in [0.25, 0.3) is 5.56 Å². The second-order valence-corrected chi connectivity index (χ2v) is 5.34. The molecule has 0 aliphatic rings. The van der Waals surface area contributed by atoms with Crippen molar-refractivity contribution in [3.8, 4) is 6.07 Å². The van der Waals surface area contributed by atoms with Gasteiger partial charge in [-0.2, -0.15) is 10.4 Å². The van der Waals surface area contributed by atoms with Crippen LogP contribution >= 0.6 is 27.5 Å². The summed E-state index contributed by atoms with van der Waals surface area (Å²) >= 11 is 9.24. The van der Waals surface area contributed by atoms with Crippen LogP contribution < -0.4 is 5.56 Å². The third-order valence-electron chi connectivity index (χ3n) is 2.60. The van der Waals surface area contributed by atoms with Crippen molar-refractivity contribution in [1.29, 1.82) is 5.26 Å². The monoisotopic (exact) mass is 340 g/mol. The molecular weight excluding hydrogens is 332 g/mol. The first-order valence-electron chi connectivity index (χ1n) is 5.45. The van der Waals surface area contributed by atoms with E-state index in [0.717, 1.165) is 4.47 Å². The lowest BCUT2D eigenvalue weighted by Crippen LogP contribution is -2.24. The average Bonchev–Trinajstić information content (AvgIpc) is 2.65. The molecule has 0 saturated carbocycles. The topological polar surface area (TPSA) is 63.6 Å². The summed E-state index contributed by atoms with van der Waals surface area (Å²) in [5.74, 6) is 0. The maximum atomic E-state index is 12.1. The van der Waals surface area contributed by atoms with E-state index in [0.29, 0.717) is 23.0 Å². The van der Waals surface area contributed by atoms with Crippen molar-refractivity contribution in [3.63, 3.8) is 0 Å². The largest absolute Gasteiger partial charge is 0.308 e. The summed E-state index contributed by atoms with van der Waals surface area (Å²) in [7, 11) is 1.73. The van der Waals surface area contributed by atoms with Crippen molar-refractivity contribution in [3.05, 3.63) is 49.6 Å². The summed E-state index contributed by atoms with van der Waals surface area (Å²) in [6.45, 7) is 0.317. The van der Waals surface area contributed by atoms with Gasteiger partial charge in [-0.1, -0.05) is 11.6 Å². The molecule has 0 radical (unpaired) electrons. The molecule has 0 aliphatic heterocycles. The van der Waals surface area contributed by atoms with Gasteiger partial charge in [0.1, 0.15) is 5.15 Å². The number of aromatic nitrogens is 3. The zero-order valence-electron chi connectivity index (χ0n) is 10.1. The van der Waals surface area contributed by atoms with Crippen LogP contribution in [0.5, 0.6) is 0 Å². The van der Waals surface area contributed by atoms with Gasteiger partial charge in [0.15, 0.2) is 0 Å². The standard InChI is InChI=1S/C12H10BrClN4O/c1-17-11(14)5-10(16-17)7-18-6-9(13)4-8(2-3-15)12(18)19/h4-6H,2,7H2,1H3. The first-order valence-corrected chi connectivity index (χ1v) is 6.62. The van der Waals surface area contributed by atoms with Gasteiger partial charge in [-0.05, 0) is 22.0 Å². The third-order valence-corrected chi connectivity index (χ3v) is 3.39. The van der Waals surface area contributed by atoms with Crippen molar-refractivity contribution in [2.75, 3.05) is 0 Å². The molecule has 2 aromatic rings. The maximum absolute atomic E-state index is 12.1. The van der Waals surface area contributed by atoms with Gasteiger partial charge in [0, 0.05) is 29.3 Å². The second kappa shape index (κ2) is 5.59. The summed E-state index contributed by atoms with van der Waals surface area (Å²) < 4.78 is 3.80. The van der Waals surface area contributed by atoms with Crippen LogP contribution in [-0.4, -0.2) is 14.3 Å². The Bertz CT molecular complexity index is 694. The molecule has 0 atom stereocenters. The summed E-state index contributed by atoms with van der Waals surface area (Å²) in [6.07, 6.45) is 1.76. The fraction of sp³-hybridized carbons (Fsp3) is 0.250. The van der Waals surface area contributed by atoms with E-state index in [9.17, 15) is 4.79 Å². The van der Waals surface area contributed by atoms with Gasteiger partial charge in [0.05, 0.1) is 24.7 Å². The van der Waals surface area contributed by atoms with E-state index in [2.05, 4.69) is 21.0 Å². The molecule has 2 aromatic heterocycles. The molecule has 0 bridgehead atoms. The van der Waals surface area contributed by atoms with E-state index < -0.39 is 0 Å². The first-order chi connectivity index (χ1) is 9.01. The molecule has 98 valence electrons. The van der Waals surface area contributed by atoms with Crippen LogP contribution in [0.2, 0.25) is 5.15 Å². The Balaban J connectivity index is 2.40. The van der Waals surface area contributed by atoms with E-state index in [1.807, 2.05) is 6.07 Å². The molecule has 0 amide bonds. The lowest BCUT2D eigenvalue weighted by molar-refractivity contribution is 0.686. The van der Waals surface area contributed by atoms with E-state index in [1.165, 1.54) is 9.25 Å². The minimum absolute atomic E-state index is 0.0846. The molecule has 0 aromatic carbocycles. The molecule has 0 fully saturated rings. The highest BCUT2D eigenvalue weighted by Gasteiger charge is 2.09. The number of aryl methyl sites for hydroxylation is 1. The Morgan fingerprint density at radius 1 is 1.53 bits per heavy atom. The summed E-state index contributed by atoms with van der Waals surface area (Å²) in [5.41, 5.74) is 0.959. The SMILES string of the molecule is Cn1nc(Cn2cc(Br)cc(CC#N)c2=O)cc1Cl. The van der Waals surface area contributed by atoms with Crippen molar-refractivity contribution < 1.29 is 0 Å². The predicted octanol–water partition coefficient (Wildman–Crippen LogP) is 2.11. The lowest BCUT2D eigenvalue weighted by Gasteiger charge is -2.06. The maximum Gasteiger partial charge on any atom is 0.255 e. The molecule has 0 N–H and O–H groups in total. The summed E-state index contributed by atoms with van der Waals surface area (Å²) in [6, 6.07) is 5.35. The smallest absolute Gasteiger partial charge is 0.255 e. The van der Waals surface area contributed by atoms with Crippen molar-refractivity contribution in [2.24, 2.45) is 7.05 Å². The normalized spacial score (nSPS) is 10.4. The first kappa shape index (κ1) is 13.8. The number of nitriles is 1. The molecule has 0 aliphatic carbocycles. The Kier molecular flexibility index (Phi) is 4.08. The van der Waals surface area contributed by atoms with Crippen LogP contribution in [0.25, 0.3) is 0 Å². The molecule has 2 heterocycles. The molecule has 0 saturated heterocycles. The van der Waals surface area contributed by atoms with E-state index in [1.54, 1.807) is 25.4 Å². The van der Waals surface area contributed by atoms with Crippen molar-refractivity contribution in [2.45, 2.75) is 13.0 Å². The fourth-order valence-electron chi connectivity index (χ4n) is 1.74. The molecule has 2 rings (SSSR count). The highest BCUT2D eigenvalue weighted by Crippen LogP contribution is 2.13. The average molecular weight is 342 g/mol. The highest BCUT2D eigenvalue weighted by atomic mass is 79.9. The summed E-state index contributed by atoms with van der Waals surface area (Å²) in [5, 5.41) is 13.4. The van der Waals surface area contributed by atoms with Gasteiger partial charge < -0.3 is 4.57 Å². The van der Waals surface area contributed by atoms with Crippen LogP contribution in [0.3, 0.4) is 0 Å². The number of hydrogen-bond acceptors (Lipinski definition) is 3. The molecule has 19 heavy (non-hydrogen) atoms. The zero-order chi connectivity index (χ0) is 14.0. The molecule has 7 heteroatoms. The number of nitrogens with zero attached hydrogens (tertiary/aromatic N) is 4. The second-order valence-electron chi connectivity index (χ2n) is 4.03. The van der Waals surface area contributed by atoms with Gasteiger partial charge >= 0.3 is 0 Å².